The number of nitrogens with one attached hydrogen (secondary N) is 1. The van der Waals surface area contributed by atoms with E-state index in [1.54, 1.807) is 0 Å². The standard InChI is InChI=1S/C25H21ClN2O3S/c1-2-30-22-6-4-3-5-21(22)27-25-28-24(29)23(32-25)15-17-9-13-20(14-10-17)31-16-18-7-11-19(26)12-8-18/h3-15H,2,16H2,1H3,(H,27,28,29). The summed E-state index contributed by atoms with van der Waals surface area (Å²) in [5.74, 6) is 1.26. The molecule has 0 unspecified atom stereocenters. The lowest BCUT2D eigenvalue weighted by atomic mass is 10.2. The molecule has 32 heavy (non-hydrogen) atoms. The van der Waals surface area contributed by atoms with Crippen molar-refractivity contribution in [3.05, 3.63) is 93.9 Å². The minimum atomic E-state index is -0.175. The molecule has 1 aliphatic rings. The van der Waals surface area contributed by atoms with Crippen LogP contribution in [0.1, 0.15) is 18.1 Å². The second kappa shape index (κ2) is 10.4. The smallest absolute Gasteiger partial charge is 0.264 e. The molecule has 1 N–H and O–H groups in total. The van der Waals surface area contributed by atoms with Gasteiger partial charge in [-0.1, -0.05) is 48.0 Å². The van der Waals surface area contributed by atoms with Gasteiger partial charge in [-0.3, -0.25) is 4.79 Å². The van der Waals surface area contributed by atoms with Gasteiger partial charge in [0.15, 0.2) is 5.17 Å². The van der Waals surface area contributed by atoms with Crippen molar-refractivity contribution in [3.63, 3.8) is 0 Å². The number of amides is 1. The topological polar surface area (TPSA) is 59.9 Å². The van der Waals surface area contributed by atoms with Crippen molar-refractivity contribution in [3.8, 4) is 11.5 Å². The van der Waals surface area contributed by atoms with Crippen molar-refractivity contribution in [1.29, 1.82) is 0 Å². The van der Waals surface area contributed by atoms with Gasteiger partial charge in [-0.25, -0.2) is 4.99 Å². The number of benzene rings is 3. The first-order chi connectivity index (χ1) is 15.6. The molecule has 1 heterocycles. The molecule has 0 saturated carbocycles. The van der Waals surface area contributed by atoms with Crippen LogP contribution < -0.4 is 14.8 Å². The maximum atomic E-state index is 12.4. The number of hydrogen-bond acceptors (Lipinski definition) is 5. The lowest BCUT2D eigenvalue weighted by molar-refractivity contribution is -0.115. The molecule has 5 nitrogen and oxygen atoms in total. The summed E-state index contributed by atoms with van der Waals surface area (Å²) in [4.78, 5) is 17.5. The Kier molecular flexibility index (Phi) is 7.14. The normalized spacial score (nSPS) is 15.8. The third-order valence-electron chi connectivity index (χ3n) is 4.53. The van der Waals surface area contributed by atoms with E-state index in [1.165, 1.54) is 11.8 Å². The average molecular weight is 465 g/mol. The van der Waals surface area contributed by atoms with E-state index in [2.05, 4.69) is 10.3 Å². The molecular formula is C25H21ClN2O3S. The lowest BCUT2D eigenvalue weighted by Gasteiger charge is -2.07. The molecule has 3 aromatic carbocycles. The van der Waals surface area contributed by atoms with Gasteiger partial charge in [-0.15, -0.1) is 0 Å². The fourth-order valence-corrected chi connectivity index (χ4v) is 3.94. The quantitative estimate of drug-likeness (QED) is 0.422. The van der Waals surface area contributed by atoms with Crippen LogP contribution in [0.25, 0.3) is 6.08 Å². The van der Waals surface area contributed by atoms with Crippen molar-refractivity contribution in [2.24, 2.45) is 4.99 Å². The monoisotopic (exact) mass is 464 g/mol. The molecule has 1 amide bonds. The zero-order chi connectivity index (χ0) is 22.3. The van der Waals surface area contributed by atoms with Crippen molar-refractivity contribution < 1.29 is 14.3 Å². The van der Waals surface area contributed by atoms with Crippen molar-refractivity contribution in [2.75, 3.05) is 6.61 Å². The minimum absolute atomic E-state index is 0.175. The molecule has 1 saturated heterocycles. The summed E-state index contributed by atoms with van der Waals surface area (Å²) in [5.41, 5.74) is 2.62. The largest absolute Gasteiger partial charge is 0.492 e. The summed E-state index contributed by atoms with van der Waals surface area (Å²) in [5, 5.41) is 4.04. The third-order valence-corrected chi connectivity index (χ3v) is 5.70. The van der Waals surface area contributed by atoms with Gasteiger partial charge in [-0.2, -0.15) is 0 Å². The van der Waals surface area contributed by atoms with E-state index in [4.69, 9.17) is 21.1 Å². The van der Waals surface area contributed by atoms with Crippen LogP contribution in [0.4, 0.5) is 5.69 Å². The van der Waals surface area contributed by atoms with Crippen LogP contribution in [-0.4, -0.2) is 17.7 Å². The van der Waals surface area contributed by atoms with Gasteiger partial charge in [-0.05, 0) is 72.3 Å². The molecule has 4 rings (SSSR count). The molecule has 0 spiro atoms. The van der Waals surface area contributed by atoms with E-state index in [0.717, 1.165) is 16.9 Å². The number of thioether (sulfide) groups is 1. The number of amidine groups is 1. The number of para-hydroxylation sites is 2. The Bertz CT molecular complexity index is 1160. The summed E-state index contributed by atoms with van der Waals surface area (Å²) >= 11 is 7.21. The predicted molar refractivity (Wildman–Crippen MR) is 131 cm³/mol. The summed E-state index contributed by atoms with van der Waals surface area (Å²) in [6, 6.07) is 22.6. The number of ether oxygens (including phenoxy) is 2. The SMILES string of the molecule is CCOc1ccccc1N=C1NC(=O)C(=Cc2ccc(OCc3ccc(Cl)cc3)cc2)S1. The summed E-state index contributed by atoms with van der Waals surface area (Å²) in [6.07, 6.45) is 1.83. The van der Waals surface area contributed by atoms with Crippen LogP contribution in [0, 0.1) is 0 Å². The van der Waals surface area contributed by atoms with Crippen LogP contribution >= 0.6 is 23.4 Å². The first-order valence-electron chi connectivity index (χ1n) is 10.1. The Morgan fingerprint density at radius 3 is 2.50 bits per heavy atom. The number of carbonyl (C=O) groups excluding carboxylic acids is 1. The number of hydrogen-bond donors (Lipinski definition) is 1. The molecule has 0 atom stereocenters. The Labute approximate surface area is 196 Å². The van der Waals surface area contributed by atoms with Crippen LogP contribution in [0.2, 0.25) is 5.02 Å². The Morgan fingerprint density at radius 1 is 1.00 bits per heavy atom. The molecule has 0 aromatic heterocycles. The number of halogens is 1. The zero-order valence-corrected chi connectivity index (χ0v) is 19.0. The molecule has 0 bridgehead atoms. The number of carbonyl (C=O) groups is 1. The summed E-state index contributed by atoms with van der Waals surface area (Å²) in [7, 11) is 0. The number of nitrogens with zero attached hydrogens (tertiary/aromatic N) is 1. The second-order valence-electron chi connectivity index (χ2n) is 6.87. The van der Waals surface area contributed by atoms with Gasteiger partial charge in [0, 0.05) is 5.02 Å². The highest BCUT2D eigenvalue weighted by molar-refractivity contribution is 8.18. The molecule has 1 fully saturated rings. The molecule has 7 heteroatoms. The molecule has 0 radical (unpaired) electrons. The highest BCUT2D eigenvalue weighted by Gasteiger charge is 2.24. The molecule has 3 aromatic rings. The first kappa shape index (κ1) is 22.0. The maximum Gasteiger partial charge on any atom is 0.264 e. The van der Waals surface area contributed by atoms with Crippen molar-refractivity contribution in [1.82, 2.24) is 5.32 Å². The van der Waals surface area contributed by atoms with Gasteiger partial charge in [0.2, 0.25) is 0 Å². The fourth-order valence-electron chi connectivity index (χ4n) is 2.98. The highest BCUT2D eigenvalue weighted by atomic mass is 35.5. The van der Waals surface area contributed by atoms with Gasteiger partial charge in [0.05, 0.1) is 11.5 Å². The zero-order valence-electron chi connectivity index (χ0n) is 17.4. The van der Waals surface area contributed by atoms with Crippen LogP contribution in [0.5, 0.6) is 11.5 Å². The van der Waals surface area contributed by atoms with Gasteiger partial charge in [0.1, 0.15) is 23.8 Å². The summed E-state index contributed by atoms with van der Waals surface area (Å²) < 4.78 is 11.4. The number of rotatable bonds is 7. The van der Waals surface area contributed by atoms with Gasteiger partial charge < -0.3 is 14.8 Å². The second-order valence-corrected chi connectivity index (χ2v) is 8.33. The van der Waals surface area contributed by atoms with Gasteiger partial charge in [0.25, 0.3) is 5.91 Å². The fraction of sp³-hybridized carbons (Fsp3) is 0.120. The predicted octanol–water partition coefficient (Wildman–Crippen LogP) is 6.21. The van der Waals surface area contributed by atoms with E-state index in [9.17, 15) is 4.79 Å². The third kappa shape index (κ3) is 5.72. The van der Waals surface area contributed by atoms with E-state index >= 15 is 0 Å². The Hall–Kier alpha value is -3.22. The Balaban J connectivity index is 1.41. The van der Waals surface area contributed by atoms with Crippen molar-refractivity contribution >= 4 is 46.2 Å². The Morgan fingerprint density at radius 2 is 1.75 bits per heavy atom. The minimum Gasteiger partial charge on any atom is -0.492 e. The molecule has 0 aliphatic carbocycles. The van der Waals surface area contributed by atoms with Crippen LogP contribution in [0.3, 0.4) is 0 Å². The van der Waals surface area contributed by atoms with E-state index in [-0.39, 0.29) is 5.91 Å². The van der Waals surface area contributed by atoms with Crippen molar-refractivity contribution in [2.45, 2.75) is 13.5 Å². The van der Waals surface area contributed by atoms with Gasteiger partial charge >= 0.3 is 0 Å². The van der Waals surface area contributed by atoms with E-state index in [1.807, 2.05) is 85.8 Å². The first-order valence-corrected chi connectivity index (χ1v) is 11.3. The molecular weight excluding hydrogens is 444 g/mol. The summed E-state index contributed by atoms with van der Waals surface area (Å²) in [6.45, 7) is 2.93. The molecule has 1 aliphatic heterocycles. The van der Waals surface area contributed by atoms with E-state index in [0.29, 0.717) is 39.7 Å². The maximum absolute atomic E-state index is 12.4. The molecule has 162 valence electrons. The van der Waals surface area contributed by atoms with E-state index < -0.39 is 0 Å². The number of aliphatic imine (C=N–C) groups is 1. The average Bonchev–Trinajstić information content (AvgIpc) is 3.14. The van der Waals surface area contributed by atoms with Crippen LogP contribution in [0.15, 0.2) is 82.7 Å². The highest BCUT2D eigenvalue weighted by Crippen LogP contribution is 2.32. The lowest BCUT2D eigenvalue weighted by Crippen LogP contribution is -2.19. The van der Waals surface area contributed by atoms with Crippen LogP contribution in [-0.2, 0) is 11.4 Å².